The second kappa shape index (κ2) is 4.86. The maximum Gasteiger partial charge on any atom is 0.137 e. The summed E-state index contributed by atoms with van der Waals surface area (Å²) in [7, 11) is 1.64. The Bertz CT molecular complexity index is 334. The Balaban J connectivity index is 2.05. The van der Waals surface area contributed by atoms with Crippen molar-refractivity contribution in [3.8, 4) is 5.75 Å². The molecule has 2 rings (SSSR count). The van der Waals surface area contributed by atoms with Crippen molar-refractivity contribution in [1.29, 1.82) is 0 Å². The van der Waals surface area contributed by atoms with E-state index in [9.17, 15) is 0 Å². The van der Waals surface area contributed by atoms with E-state index in [1.807, 2.05) is 12.1 Å². The van der Waals surface area contributed by atoms with Crippen LogP contribution in [-0.4, -0.2) is 19.7 Å². The normalized spacial score (nSPS) is 20.5. The van der Waals surface area contributed by atoms with Crippen LogP contribution in [0.3, 0.4) is 0 Å². The van der Waals surface area contributed by atoms with E-state index in [-0.39, 0.29) is 0 Å². The van der Waals surface area contributed by atoms with Gasteiger partial charge in [-0.2, -0.15) is 0 Å². The molecule has 3 heteroatoms. The Labute approximate surface area is 95.6 Å². The molecule has 0 aromatic heterocycles. The van der Waals surface area contributed by atoms with E-state index in [0.29, 0.717) is 11.1 Å². The van der Waals surface area contributed by atoms with Crippen molar-refractivity contribution < 1.29 is 4.74 Å². The molecule has 0 bridgehead atoms. The Hall–Kier alpha value is -0.730. The average Bonchev–Trinajstić information content (AvgIpc) is 2.71. The van der Waals surface area contributed by atoms with Gasteiger partial charge in [-0.05, 0) is 43.5 Å². The highest BCUT2D eigenvalue weighted by atomic mass is 35.5. The summed E-state index contributed by atoms with van der Waals surface area (Å²) in [4.78, 5) is 0. The molecule has 0 aliphatic carbocycles. The van der Waals surface area contributed by atoms with E-state index in [1.54, 1.807) is 7.11 Å². The molecule has 15 heavy (non-hydrogen) atoms. The van der Waals surface area contributed by atoms with Crippen LogP contribution in [0.15, 0.2) is 18.2 Å². The third-order valence-corrected chi connectivity index (χ3v) is 3.16. The van der Waals surface area contributed by atoms with Gasteiger partial charge in [0.05, 0.1) is 12.1 Å². The fourth-order valence-electron chi connectivity index (χ4n) is 2.05. The predicted octanol–water partition coefficient (Wildman–Crippen LogP) is 2.64. The van der Waals surface area contributed by atoms with Crippen LogP contribution >= 0.6 is 11.6 Å². The third-order valence-electron chi connectivity index (χ3n) is 2.86. The molecule has 1 aromatic rings. The van der Waals surface area contributed by atoms with E-state index in [2.05, 4.69) is 11.4 Å². The minimum Gasteiger partial charge on any atom is -0.495 e. The molecule has 2 nitrogen and oxygen atoms in total. The van der Waals surface area contributed by atoms with Crippen molar-refractivity contribution in [3.05, 3.63) is 28.8 Å². The van der Waals surface area contributed by atoms with E-state index in [0.717, 1.165) is 18.7 Å². The van der Waals surface area contributed by atoms with Crippen LogP contribution in [0.4, 0.5) is 0 Å². The fourth-order valence-corrected chi connectivity index (χ4v) is 2.33. The summed E-state index contributed by atoms with van der Waals surface area (Å²) >= 11 is 6.07. The second-order valence-corrected chi connectivity index (χ2v) is 4.37. The number of benzene rings is 1. The number of nitrogens with one attached hydrogen (secondary N) is 1. The Morgan fingerprint density at radius 2 is 2.40 bits per heavy atom. The van der Waals surface area contributed by atoms with Gasteiger partial charge in [0.15, 0.2) is 0 Å². The smallest absolute Gasteiger partial charge is 0.137 e. The molecule has 1 heterocycles. The summed E-state index contributed by atoms with van der Waals surface area (Å²) < 4.78 is 5.12. The molecule has 1 atom stereocenters. The lowest BCUT2D eigenvalue weighted by Crippen LogP contribution is -2.23. The van der Waals surface area contributed by atoms with E-state index in [1.165, 1.54) is 18.4 Å². The van der Waals surface area contributed by atoms with Crippen molar-refractivity contribution in [2.75, 3.05) is 13.7 Å². The van der Waals surface area contributed by atoms with Crippen molar-refractivity contribution in [2.45, 2.75) is 25.3 Å². The zero-order chi connectivity index (χ0) is 10.7. The number of hydrogen-bond donors (Lipinski definition) is 1. The highest BCUT2D eigenvalue weighted by molar-refractivity contribution is 6.32. The number of ether oxygens (including phenoxy) is 1. The van der Waals surface area contributed by atoms with Gasteiger partial charge in [0, 0.05) is 6.04 Å². The van der Waals surface area contributed by atoms with Gasteiger partial charge in [-0.3, -0.25) is 0 Å². The van der Waals surface area contributed by atoms with Crippen LogP contribution in [0.25, 0.3) is 0 Å². The zero-order valence-electron chi connectivity index (χ0n) is 8.92. The van der Waals surface area contributed by atoms with Crippen molar-refractivity contribution in [3.63, 3.8) is 0 Å². The van der Waals surface area contributed by atoms with Crippen LogP contribution in [0.2, 0.25) is 5.02 Å². The Kier molecular flexibility index (Phi) is 3.49. The van der Waals surface area contributed by atoms with E-state index in [4.69, 9.17) is 16.3 Å². The molecule has 1 fully saturated rings. The van der Waals surface area contributed by atoms with Gasteiger partial charge in [-0.1, -0.05) is 17.7 Å². The molecule has 82 valence electrons. The van der Waals surface area contributed by atoms with Gasteiger partial charge in [-0.15, -0.1) is 0 Å². The molecule has 0 spiro atoms. The first-order chi connectivity index (χ1) is 7.29. The predicted molar refractivity (Wildman–Crippen MR) is 62.7 cm³/mol. The summed E-state index contributed by atoms with van der Waals surface area (Å²) in [5.41, 5.74) is 1.28. The summed E-state index contributed by atoms with van der Waals surface area (Å²) in [5.74, 6) is 0.750. The average molecular weight is 226 g/mol. The molecular weight excluding hydrogens is 210 g/mol. The molecule has 1 unspecified atom stereocenters. The van der Waals surface area contributed by atoms with Crippen molar-refractivity contribution in [2.24, 2.45) is 0 Å². The molecule has 1 aliphatic heterocycles. The van der Waals surface area contributed by atoms with Gasteiger partial charge in [0.2, 0.25) is 0 Å². The number of halogens is 1. The Morgan fingerprint density at radius 1 is 1.53 bits per heavy atom. The molecule has 1 saturated heterocycles. The maximum absolute atomic E-state index is 6.07. The first kappa shape index (κ1) is 10.8. The highest BCUT2D eigenvalue weighted by Gasteiger charge is 2.14. The standard InChI is InChI=1S/C12H16ClNO/c1-15-12-5-4-9(8-11(12)13)7-10-3-2-6-14-10/h4-5,8,10,14H,2-3,6-7H2,1H3. The lowest BCUT2D eigenvalue weighted by Gasteiger charge is -2.11. The summed E-state index contributed by atoms with van der Waals surface area (Å²) in [6, 6.07) is 6.65. The molecule has 0 saturated carbocycles. The van der Waals surface area contributed by atoms with Crippen LogP contribution in [0.1, 0.15) is 18.4 Å². The summed E-state index contributed by atoms with van der Waals surface area (Å²) in [6.45, 7) is 1.15. The molecular formula is C12H16ClNO. The highest BCUT2D eigenvalue weighted by Crippen LogP contribution is 2.26. The molecule has 0 radical (unpaired) electrons. The fraction of sp³-hybridized carbons (Fsp3) is 0.500. The van der Waals surface area contributed by atoms with E-state index < -0.39 is 0 Å². The van der Waals surface area contributed by atoms with Gasteiger partial charge < -0.3 is 10.1 Å². The minimum atomic E-state index is 0.620. The first-order valence-corrected chi connectivity index (χ1v) is 5.73. The zero-order valence-corrected chi connectivity index (χ0v) is 9.68. The number of methoxy groups -OCH3 is 1. The van der Waals surface area contributed by atoms with Crippen LogP contribution in [-0.2, 0) is 6.42 Å². The lowest BCUT2D eigenvalue weighted by molar-refractivity contribution is 0.415. The quantitative estimate of drug-likeness (QED) is 0.854. The maximum atomic E-state index is 6.07. The SMILES string of the molecule is COc1ccc(CC2CCCN2)cc1Cl. The van der Waals surface area contributed by atoms with Crippen LogP contribution in [0.5, 0.6) is 5.75 Å². The van der Waals surface area contributed by atoms with Crippen molar-refractivity contribution in [1.82, 2.24) is 5.32 Å². The van der Waals surface area contributed by atoms with Gasteiger partial charge in [0.1, 0.15) is 5.75 Å². The van der Waals surface area contributed by atoms with E-state index >= 15 is 0 Å². The minimum absolute atomic E-state index is 0.620. The molecule has 1 aliphatic rings. The summed E-state index contributed by atoms with van der Waals surface area (Å²) in [6.07, 6.45) is 3.61. The number of hydrogen-bond acceptors (Lipinski definition) is 2. The van der Waals surface area contributed by atoms with Crippen LogP contribution in [0, 0.1) is 0 Å². The third kappa shape index (κ3) is 2.64. The second-order valence-electron chi connectivity index (χ2n) is 3.97. The monoisotopic (exact) mass is 225 g/mol. The first-order valence-electron chi connectivity index (χ1n) is 5.35. The van der Waals surface area contributed by atoms with Gasteiger partial charge in [0.25, 0.3) is 0 Å². The number of rotatable bonds is 3. The summed E-state index contributed by atoms with van der Waals surface area (Å²) in [5, 5.41) is 4.18. The Morgan fingerprint density at radius 3 is 3.00 bits per heavy atom. The van der Waals surface area contributed by atoms with Gasteiger partial charge >= 0.3 is 0 Å². The molecule has 0 amide bonds. The van der Waals surface area contributed by atoms with Crippen molar-refractivity contribution >= 4 is 11.6 Å². The molecule has 1 aromatic carbocycles. The lowest BCUT2D eigenvalue weighted by atomic mass is 10.0. The topological polar surface area (TPSA) is 21.3 Å². The largest absolute Gasteiger partial charge is 0.495 e. The van der Waals surface area contributed by atoms with Crippen LogP contribution < -0.4 is 10.1 Å². The van der Waals surface area contributed by atoms with Gasteiger partial charge in [-0.25, -0.2) is 0 Å². The molecule has 1 N–H and O–H groups in total.